The molecule has 1 amide bonds. The van der Waals surface area contributed by atoms with Crippen molar-refractivity contribution in [2.75, 3.05) is 12.3 Å². The number of anilines is 1. The molecule has 2 aromatic rings. The Morgan fingerprint density at radius 1 is 1.05 bits per heavy atom. The lowest BCUT2D eigenvalue weighted by Crippen LogP contribution is -2.26. The highest BCUT2D eigenvalue weighted by molar-refractivity contribution is 5.99. The van der Waals surface area contributed by atoms with Crippen molar-refractivity contribution in [1.82, 2.24) is 5.32 Å². The molecule has 0 fully saturated rings. The van der Waals surface area contributed by atoms with Gasteiger partial charge in [-0.25, -0.2) is 4.79 Å². The first kappa shape index (κ1) is 14.6. The molecule has 0 bridgehead atoms. The van der Waals surface area contributed by atoms with Crippen molar-refractivity contribution in [3.8, 4) is 0 Å². The summed E-state index contributed by atoms with van der Waals surface area (Å²) in [5.74, 6) is -1.16. The van der Waals surface area contributed by atoms with Crippen LogP contribution in [-0.4, -0.2) is 23.5 Å². The molecular formula is C16H16N2O3. The van der Waals surface area contributed by atoms with Crippen LogP contribution < -0.4 is 11.1 Å². The van der Waals surface area contributed by atoms with Gasteiger partial charge in [-0.1, -0.05) is 24.3 Å². The minimum Gasteiger partial charge on any atom is -0.478 e. The number of rotatable bonds is 5. The van der Waals surface area contributed by atoms with E-state index in [1.54, 1.807) is 48.5 Å². The zero-order valence-electron chi connectivity index (χ0n) is 11.4. The fourth-order valence-electron chi connectivity index (χ4n) is 1.93. The van der Waals surface area contributed by atoms with E-state index in [-0.39, 0.29) is 11.5 Å². The Balaban J connectivity index is 1.88. The number of aromatic carboxylic acids is 1. The van der Waals surface area contributed by atoms with Crippen molar-refractivity contribution in [2.45, 2.75) is 6.42 Å². The molecule has 5 nitrogen and oxygen atoms in total. The smallest absolute Gasteiger partial charge is 0.335 e. The van der Waals surface area contributed by atoms with Crippen LogP contribution in [0.25, 0.3) is 0 Å². The van der Waals surface area contributed by atoms with Gasteiger partial charge in [0.2, 0.25) is 0 Å². The Kier molecular flexibility index (Phi) is 4.56. The second-order valence-electron chi connectivity index (χ2n) is 4.60. The van der Waals surface area contributed by atoms with Crippen molar-refractivity contribution in [3.05, 3.63) is 65.2 Å². The van der Waals surface area contributed by atoms with E-state index in [9.17, 15) is 9.59 Å². The minimum absolute atomic E-state index is 0.213. The van der Waals surface area contributed by atoms with Crippen LogP contribution in [0.3, 0.4) is 0 Å². The molecular weight excluding hydrogens is 268 g/mol. The molecule has 0 spiro atoms. The molecule has 0 aliphatic carbocycles. The van der Waals surface area contributed by atoms with E-state index < -0.39 is 5.97 Å². The molecule has 0 saturated carbocycles. The third-order valence-electron chi connectivity index (χ3n) is 3.11. The summed E-state index contributed by atoms with van der Waals surface area (Å²) in [5.41, 5.74) is 7.84. The maximum Gasteiger partial charge on any atom is 0.335 e. The van der Waals surface area contributed by atoms with Crippen LogP contribution in [0, 0.1) is 0 Å². The molecule has 4 N–H and O–H groups in total. The number of nitrogens with one attached hydrogen (secondary N) is 1. The van der Waals surface area contributed by atoms with E-state index >= 15 is 0 Å². The van der Waals surface area contributed by atoms with Crippen molar-refractivity contribution in [3.63, 3.8) is 0 Å². The second kappa shape index (κ2) is 6.56. The quantitative estimate of drug-likeness (QED) is 0.731. The predicted octanol–water partition coefficient (Wildman–Crippen LogP) is 1.94. The lowest BCUT2D eigenvalue weighted by atomic mass is 10.1. The van der Waals surface area contributed by atoms with Crippen LogP contribution in [0.15, 0.2) is 48.5 Å². The zero-order chi connectivity index (χ0) is 15.2. The van der Waals surface area contributed by atoms with E-state index in [1.807, 2.05) is 0 Å². The van der Waals surface area contributed by atoms with E-state index in [2.05, 4.69) is 5.32 Å². The molecule has 0 unspecified atom stereocenters. The average molecular weight is 284 g/mol. The largest absolute Gasteiger partial charge is 0.478 e. The number of nitrogen functional groups attached to an aromatic ring is 1. The van der Waals surface area contributed by atoms with Gasteiger partial charge < -0.3 is 16.2 Å². The van der Waals surface area contributed by atoms with Crippen LogP contribution in [-0.2, 0) is 6.42 Å². The van der Waals surface area contributed by atoms with Gasteiger partial charge >= 0.3 is 5.97 Å². The molecule has 2 aromatic carbocycles. The number of benzene rings is 2. The Labute approximate surface area is 122 Å². The Hall–Kier alpha value is -2.82. The van der Waals surface area contributed by atoms with Crippen LogP contribution >= 0.6 is 0 Å². The Morgan fingerprint density at radius 2 is 1.71 bits per heavy atom. The standard InChI is InChI=1S/C16H16N2O3/c17-14-4-2-1-3-13(14)15(19)18-10-9-11-5-7-12(8-6-11)16(20)21/h1-8H,9-10,17H2,(H,18,19)(H,20,21). The van der Waals surface area contributed by atoms with Gasteiger partial charge in [-0.2, -0.15) is 0 Å². The highest BCUT2D eigenvalue weighted by atomic mass is 16.4. The first-order valence-electron chi connectivity index (χ1n) is 6.53. The maximum atomic E-state index is 11.9. The fraction of sp³-hybridized carbons (Fsp3) is 0.125. The second-order valence-corrected chi connectivity index (χ2v) is 4.60. The van der Waals surface area contributed by atoms with Crippen LogP contribution in [0.5, 0.6) is 0 Å². The summed E-state index contributed by atoms with van der Waals surface area (Å²) < 4.78 is 0. The summed E-state index contributed by atoms with van der Waals surface area (Å²) in [5, 5.41) is 11.6. The third-order valence-corrected chi connectivity index (χ3v) is 3.11. The van der Waals surface area contributed by atoms with E-state index in [4.69, 9.17) is 10.8 Å². The zero-order valence-corrected chi connectivity index (χ0v) is 11.4. The van der Waals surface area contributed by atoms with Crippen molar-refractivity contribution in [1.29, 1.82) is 0 Å². The van der Waals surface area contributed by atoms with E-state index in [0.717, 1.165) is 5.56 Å². The van der Waals surface area contributed by atoms with Gasteiger partial charge in [-0.05, 0) is 36.2 Å². The molecule has 0 aliphatic rings. The van der Waals surface area contributed by atoms with E-state index in [1.165, 1.54) is 0 Å². The van der Waals surface area contributed by atoms with Gasteiger partial charge in [-0.3, -0.25) is 4.79 Å². The molecule has 0 saturated heterocycles. The maximum absolute atomic E-state index is 11.9. The van der Waals surface area contributed by atoms with Crippen LogP contribution in [0.2, 0.25) is 0 Å². The number of hydrogen-bond donors (Lipinski definition) is 3. The summed E-state index contributed by atoms with van der Waals surface area (Å²) in [6.07, 6.45) is 0.623. The Morgan fingerprint density at radius 3 is 2.33 bits per heavy atom. The molecule has 2 rings (SSSR count). The summed E-state index contributed by atoms with van der Waals surface area (Å²) in [4.78, 5) is 22.7. The lowest BCUT2D eigenvalue weighted by molar-refractivity contribution is 0.0696. The molecule has 0 radical (unpaired) electrons. The van der Waals surface area contributed by atoms with Gasteiger partial charge in [0.25, 0.3) is 5.91 Å². The highest BCUT2D eigenvalue weighted by Gasteiger charge is 2.08. The molecule has 108 valence electrons. The van der Waals surface area contributed by atoms with Crippen LogP contribution in [0.4, 0.5) is 5.69 Å². The monoisotopic (exact) mass is 284 g/mol. The molecule has 0 aromatic heterocycles. The normalized spacial score (nSPS) is 10.1. The lowest BCUT2D eigenvalue weighted by Gasteiger charge is -2.07. The molecule has 0 atom stereocenters. The highest BCUT2D eigenvalue weighted by Crippen LogP contribution is 2.10. The predicted molar refractivity (Wildman–Crippen MR) is 80.3 cm³/mol. The average Bonchev–Trinajstić information content (AvgIpc) is 2.48. The summed E-state index contributed by atoms with van der Waals surface area (Å²) in [6, 6.07) is 13.5. The van der Waals surface area contributed by atoms with Gasteiger partial charge in [0.1, 0.15) is 0 Å². The number of carboxylic acid groups (broad SMARTS) is 1. The fourth-order valence-corrected chi connectivity index (χ4v) is 1.93. The molecule has 5 heteroatoms. The number of amides is 1. The topological polar surface area (TPSA) is 92.4 Å². The van der Waals surface area contributed by atoms with Gasteiger partial charge in [0.05, 0.1) is 11.1 Å². The minimum atomic E-state index is -0.950. The van der Waals surface area contributed by atoms with Crippen molar-refractivity contribution >= 4 is 17.6 Å². The first-order valence-corrected chi connectivity index (χ1v) is 6.53. The SMILES string of the molecule is Nc1ccccc1C(=O)NCCc1ccc(C(=O)O)cc1. The first-order chi connectivity index (χ1) is 10.1. The van der Waals surface area contributed by atoms with Gasteiger partial charge in [-0.15, -0.1) is 0 Å². The summed E-state index contributed by atoms with van der Waals surface area (Å²) in [6.45, 7) is 0.458. The van der Waals surface area contributed by atoms with Gasteiger partial charge in [0.15, 0.2) is 0 Å². The Bertz CT molecular complexity index is 651. The third kappa shape index (κ3) is 3.82. The molecule has 21 heavy (non-hydrogen) atoms. The van der Waals surface area contributed by atoms with Crippen molar-refractivity contribution in [2.24, 2.45) is 0 Å². The number of para-hydroxylation sites is 1. The summed E-state index contributed by atoms with van der Waals surface area (Å²) >= 11 is 0. The number of carbonyl (C=O) groups is 2. The summed E-state index contributed by atoms with van der Waals surface area (Å²) in [7, 11) is 0. The number of nitrogens with two attached hydrogens (primary N) is 1. The van der Waals surface area contributed by atoms with Gasteiger partial charge in [0, 0.05) is 12.2 Å². The number of carboxylic acids is 1. The van der Waals surface area contributed by atoms with Crippen molar-refractivity contribution < 1.29 is 14.7 Å². The number of hydrogen-bond acceptors (Lipinski definition) is 3. The van der Waals surface area contributed by atoms with Crippen LogP contribution in [0.1, 0.15) is 26.3 Å². The van der Waals surface area contributed by atoms with E-state index in [0.29, 0.717) is 24.2 Å². The molecule has 0 aliphatic heterocycles. The number of carbonyl (C=O) groups excluding carboxylic acids is 1. The molecule has 0 heterocycles.